The fourth-order valence-electron chi connectivity index (χ4n) is 3.13. The second-order valence-corrected chi connectivity index (χ2v) is 7.85. The maximum Gasteiger partial charge on any atom is 0.191 e. The van der Waals surface area contributed by atoms with Gasteiger partial charge in [-0.1, -0.05) is 0 Å². The van der Waals surface area contributed by atoms with Gasteiger partial charge in [0.25, 0.3) is 0 Å². The van der Waals surface area contributed by atoms with Gasteiger partial charge in [-0.2, -0.15) is 11.8 Å². The van der Waals surface area contributed by atoms with Crippen LogP contribution >= 0.6 is 35.7 Å². The van der Waals surface area contributed by atoms with E-state index in [0.717, 1.165) is 78.0 Å². The molecule has 0 aromatic carbocycles. The Hall–Kier alpha value is 0.230. The molecule has 0 aliphatic carbocycles. The van der Waals surface area contributed by atoms with E-state index in [4.69, 9.17) is 14.5 Å². The summed E-state index contributed by atoms with van der Waals surface area (Å²) in [7, 11) is 0. The van der Waals surface area contributed by atoms with Crippen LogP contribution in [-0.2, 0) is 9.47 Å². The highest BCUT2D eigenvalue weighted by Gasteiger charge is 2.31. The lowest BCUT2D eigenvalue weighted by molar-refractivity contribution is 0.0211. The Kier molecular flexibility index (Phi) is 11.7. The number of nitrogens with zero attached hydrogens (tertiary/aromatic N) is 2. The van der Waals surface area contributed by atoms with Gasteiger partial charge in [-0.05, 0) is 32.9 Å². The highest BCUT2D eigenvalue weighted by atomic mass is 127. The van der Waals surface area contributed by atoms with Crippen LogP contribution in [0.15, 0.2) is 4.99 Å². The summed E-state index contributed by atoms with van der Waals surface area (Å²) in [6, 6.07) is 0.482. The van der Waals surface area contributed by atoms with E-state index in [-0.39, 0.29) is 28.7 Å². The van der Waals surface area contributed by atoms with Gasteiger partial charge in [0.05, 0.1) is 19.8 Å². The average Bonchev–Trinajstić information content (AvgIpc) is 2.65. The lowest BCUT2D eigenvalue weighted by Gasteiger charge is -2.34. The van der Waals surface area contributed by atoms with Gasteiger partial charge < -0.3 is 20.1 Å². The summed E-state index contributed by atoms with van der Waals surface area (Å²) < 4.78 is 11.2. The standard InChI is InChI=1S/C17H34N4O2S.HI/c1-4-18-16(19-13-15(2)21-7-11-23-12-8-21)20-14-17(24-3)5-9-22-10-6-17;/h15H,4-14H2,1-3H3,(H2,18,19,20);1H. The first kappa shape index (κ1) is 23.3. The Morgan fingerprint density at radius 1 is 1.16 bits per heavy atom. The molecule has 0 aromatic heterocycles. The second kappa shape index (κ2) is 12.6. The number of morpholine rings is 1. The van der Waals surface area contributed by atoms with E-state index in [1.807, 2.05) is 11.8 Å². The third kappa shape index (κ3) is 7.78. The maximum atomic E-state index is 5.52. The number of halogens is 1. The van der Waals surface area contributed by atoms with E-state index in [2.05, 4.69) is 35.6 Å². The zero-order valence-corrected chi connectivity index (χ0v) is 19.0. The topological polar surface area (TPSA) is 58.1 Å². The van der Waals surface area contributed by atoms with E-state index in [0.29, 0.717) is 6.04 Å². The Morgan fingerprint density at radius 3 is 2.40 bits per heavy atom. The molecular formula is C17H35IN4O2S. The molecule has 0 saturated carbocycles. The molecule has 25 heavy (non-hydrogen) atoms. The number of hydrogen-bond acceptors (Lipinski definition) is 5. The van der Waals surface area contributed by atoms with Gasteiger partial charge >= 0.3 is 0 Å². The van der Waals surface area contributed by atoms with Crippen LogP contribution in [-0.4, -0.2) is 87.1 Å². The number of ether oxygens (including phenoxy) is 2. The molecule has 2 N–H and O–H groups in total. The lowest BCUT2D eigenvalue weighted by Crippen LogP contribution is -2.49. The van der Waals surface area contributed by atoms with Crippen LogP contribution in [0.1, 0.15) is 26.7 Å². The quantitative estimate of drug-likeness (QED) is 0.325. The van der Waals surface area contributed by atoms with Gasteiger partial charge in [0, 0.05) is 50.2 Å². The molecular weight excluding hydrogens is 451 g/mol. The van der Waals surface area contributed by atoms with E-state index < -0.39 is 0 Å². The minimum atomic E-state index is 0. The molecule has 0 aromatic rings. The van der Waals surface area contributed by atoms with Crippen molar-refractivity contribution in [3.05, 3.63) is 0 Å². The summed E-state index contributed by atoms with van der Waals surface area (Å²) in [6.45, 7) is 12.5. The molecule has 2 saturated heterocycles. The molecule has 8 heteroatoms. The number of thioether (sulfide) groups is 1. The second-order valence-electron chi connectivity index (χ2n) is 6.57. The Balaban J connectivity index is 0.00000312. The number of aliphatic imine (C=N–C) groups is 1. The molecule has 0 bridgehead atoms. The monoisotopic (exact) mass is 486 g/mol. The summed E-state index contributed by atoms with van der Waals surface area (Å²) in [4.78, 5) is 7.35. The van der Waals surface area contributed by atoms with Crippen molar-refractivity contribution in [2.24, 2.45) is 4.99 Å². The van der Waals surface area contributed by atoms with Gasteiger partial charge in [0.15, 0.2) is 5.96 Å². The Morgan fingerprint density at radius 2 is 1.80 bits per heavy atom. The third-order valence-corrected chi connectivity index (χ3v) is 6.34. The van der Waals surface area contributed by atoms with Crippen molar-refractivity contribution in [1.82, 2.24) is 15.5 Å². The van der Waals surface area contributed by atoms with Gasteiger partial charge in [-0.15, -0.1) is 24.0 Å². The molecule has 148 valence electrons. The number of guanidine groups is 1. The van der Waals surface area contributed by atoms with E-state index >= 15 is 0 Å². The zero-order chi connectivity index (χ0) is 17.3. The van der Waals surface area contributed by atoms with Crippen LogP contribution in [0.5, 0.6) is 0 Å². The van der Waals surface area contributed by atoms with Crippen molar-refractivity contribution >= 4 is 41.7 Å². The van der Waals surface area contributed by atoms with E-state index in [1.54, 1.807) is 0 Å². The minimum Gasteiger partial charge on any atom is -0.381 e. The molecule has 1 atom stereocenters. The SMILES string of the molecule is CCNC(=NCC1(SC)CCOCC1)NCC(C)N1CCOCC1.I. The lowest BCUT2D eigenvalue weighted by atomic mass is 9.99. The van der Waals surface area contributed by atoms with E-state index in [1.165, 1.54) is 0 Å². The summed E-state index contributed by atoms with van der Waals surface area (Å²) in [6.07, 6.45) is 4.37. The van der Waals surface area contributed by atoms with Gasteiger partial charge in [0.1, 0.15) is 0 Å². The molecule has 2 heterocycles. The molecule has 6 nitrogen and oxygen atoms in total. The summed E-state index contributed by atoms with van der Waals surface area (Å²) in [5.74, 6) is 0.928. The largest absolute Gasteiger partial charge is 0.381 e. The predicted octanol–water partition coefficient (Wildman–Crippen LogP) is 1.79. The summed E-state index contributed by atoms with van der Waals surface area (Å²) >= 11 is 1.94. The fraction of sp³-hybridized carbons (Fsp3) is 0.941. The van der Waals surface area contributed by atoms with Gasteiger partial charge in [-0.3, -0.25) is 9.89 Å². The Bertz CT molecular complexity index is 389. The first-order chi connectivity index (χ1) is 11.7. The minimum absolute atomic E-state index is 0. The van der Waals surface area contributed by atoms with Crippen LogP contribution in [0.3, 0.4) is 0 Å². The molecule has 0 spiro atoms. The number of rotatable bonds is 7. The van der Waals surface area contributed by atoms with Crippen LogP contribution in [0.4, 0.5) is 0 Å². The van der Waals surface area contributed by atoms with E-state index in [9.17, 15) is 0 Å². The molecule has 0 radical (unpaired) electrons. The molecule has 2 fully saturated rings. The van der Waals surface area contributed by atoms with Crippen LogP contribution in [0, 0.1) is 0 Å². The predicted molar refractivity (Wildman–Crippen MR) is 118 cm³/mol. The smallest absolute Gasteiger partial charge is 0.191 e. The Labute approximate surface area is 174 Å². The van der Waals surface area contributed by atoms with Crippen molar-refractivity contribution in [1.29, 1.82) is 0 Å². The van der Waals surface area contributed by atoms with Crippen molar-refractivity contribution in [2.45, 2.75) is 37.5 Å². The fourth-order valence-corrected chi connectivity index (χ4v) is 3.90. The first-order valence-corrected chi connectivity index (χ1v) is 10.4. The van der Waals surface area contributed by atoms with Crippen molar-refractivity contribution in [2.75, 3.05) is 65.4 Å². The normalized spacial score (nSPS) is 22.8. The average molecular weight is 486 g/mol. The van der Waals surface area contributed by atoms with Crippen LogP contribution in [0.2, 0.25) is 0 Å². The molecule has 0 amide bonds. The number of hydrogen-bond donors (Lipinski definition) is 2. The maximum absolute atomic E-state index is 5.52. The highest BCUT2D eigenvalue weighted by molar-refractivity contribution is 14.0. The molecule has 2 rings (SSSR count). The van der Waals surface area contributed by atoms with Crippen molar-refractivity contribution in [3.63, 3.8) is 0 Å². The number of nitrogens with one attached hydrogen (secondary N) is 2. The van der Waals surface area contributed by atoms with Gasteiger partial charge in [0.2, 0.25) is 0 Å². The highest BCUT2D eigenvalue weighted by Crippen LogP contribution is 2.33. The summed E-state index contributed by atoms with van der Waals surface area (Å²) in [5.41, 5.74) is 0. The van der Waals surface area contributed by atoms with Crippen LogP contribution < -0.4 is 10.6 Å². The van der Waals surface area contributed by atoms with Crippen LogP contribution in [0.25, 0.3) is 0 Å². The van der Waals surface area contributed by atoms with Gasteiger partial charge in [-0.25, -0.2) is 0 Å². The van der Waals surface area contributed by atoms with Crippen molar-refractivity contribution in [3.8, 4) is 0 Å². The first-order valence-electron chi connectivity index (χ1n) is 9.16. The van der Waals surface area contributed by atoms with Crippen molar-refractivity contribution < 1.29 is 9.47 Å². The summed E-state index contributed by atoms with van der Waals surface area (Å²) in [5, 5.41) is 6.89. The molecule has 2 aliphatic heterocycles. The molecule has 2 aliphatic rings. The molecule has 1 unspecified atom stereocenters. The zero-order valence-electron chi connectivity index (χ0n) is 15.9. The third-order valence-electron chi connectivity index (χ3n) is 4.94.